The molecule has 2 rings (SSSR count). The molecular formula is C14H11IO2. The van der Waals surface area contributed by atoms with E-state index < -0.39 is 0 Å². The number of halogens is 1. The van der Waals surface area contributed by atoms with Gasteiger partial charge in [-0.15, -0.1) is 0 Å². The van der Waals surface area contributed by atoms with Gasteiger partial charge in [0, 0.05) is 0 Å². The Labute approximate surface area is 114 Å². The Bertz CT molecular complexity index is 515. The fourth-order valence-corrected chi connectivity index (χ4v) is 1.84. The molecule has 0 N–H and O–H groups in total. The lowest BCUT2D eigenvalue weighted by Crippen LogP contribution is -1.96. The van der Waals surface area contributed by atoms with E-state index in [-0.39, 0.29) is 5.97 Å². The zero-order valence-corrected chi connectivity index (χ0v) is 11.5. The standard InChI is InChI=1S/C14H11IO2/c1-10-2-4-11(5-3-10)12-6-8-13(9-7-12)14(16)17-15/h2-9H,1H3. The Kier molecular flexibility index (Phi) is 3.78. The van der Waals surface area contributed by atoms with Crippen molar-refractivity contribution in [2.45, 2.75) is 6.92 Å². The highest BCUT2D eigenvalue weighted by Crippen LogP contribution is 2.20. The first-order chi connectivity index (χ1) is 8.20. The molecule has 0 aromatic heterocycles. The molecule has 3 heteroatoms. The average molecular weight is 338 g/mol. The van der Waals surface area contributed by atoms with Crippen molar-refractivity contribution < 1.29 is 7.86 Å². The van der Waals surface area contributed by atoms with Crippen LogP contribution in [0, 0.1) is 6.92 Å². The fourth-order valence-electron chi connectivity index (χ4n) is 1.59. The minimum atomic E-state index is -0.318. The SMILES string of the molecule is Cc1ccc(-c2ccc(C(=O)OI)cc2)cc1. The van der Waals surface area contributed by atoms with Crippen LogP contribution >= 0.6 is 23.0 Å². The van der Waals surface area contributed by atoms with Gasteiger partial charge in [-0.1, -0.05) is 42.0 Å². The van der Waals surface area contributed by atoms with E-state index in [1.165, 1.54) is 5.56 Å². The molecule has 0 aliphatic carbocycles. The lowest BCUT2D eigenvalue weighted by Gasteiger charge is -2.03. The second kappa shape index (κ2) is 5.31. The minimum absolute atomic E-state index is 0.318. The maximum Gasteiger partial charge on any atom is 0.347 e. The molecule has 0 radical (unpaired) electrons. The molecule has 0 heterocycles. The van der Waals surface area contributed by atoms with Crippen molar-refractivity contribution in [2.75, 3.05) is 0 Å². The van der Waals surface area contributed by atoms with Crippen molar-refractivity contribution in [1.82, 2.24) is 0 Å². The molecule has 0 atom stereocenters. The van der Waals surface area contributed by atoms with Crippen LogP contribution in [0.5, 0.6) is 0 Å². The van der Waals surface area contributed by atoms with Crippen LogP contribution < -0.4 is 0 Å². The number of rotatable bonds is 2. The number of aryl methyl sites for hydroxylation is 1. The van der Waals surface area contributed by atoms with Crippen molar-refractivity contribution in [1.29, 1.82) is 0 Å². The van der Waals surface area contributed by atoms with Gasteiger partial charge < -0.3 is 3.07 Å². The molecule has 0 bridgehead atoms. The smallest absolute Gasteiger partial charge is 0.347 e. The minimum Gasteiger partial charge on any atom is -0.391 e. The van der Waals surface area contributed by atoms with Gasteiger partial charge in [0.05, 0.1) is 5.56 Å². The summed E-state index contributed by atoms with van der Waals surface area (Å²) in [5, 5.41) is 0. The van der Waals surface area contributed by atoms with Gasteiger partial charge in [-0.05, 0) is 30.2 Å². The molecule has 17 heavy (non-hydrogen) atoms. The van der Waals surface area contributed by atoms with E-state index >= 15 is 0 Å². The van der Waals surface area contributed by atoms with Crippen molar-refractivity contribution in [3.63, 3.8) is 0 Å². The molecule has 0 unspecified atom stereocenters. The first-order valence-electron chi connectivity index (χ1n) is 5.21. The summed E-state index contributed by atoms with van der Waals surface area (Å²) < 4.78 is 4.63. The Balaban J connectivity index is 2.29. The summed E-state index contributed by atoms with van der Waals surface area (Å²) in [7, 11) is 0. The fraction of sp³-hybridized carbons (Fsp3) is 0.0714. The number of hydrogen-bond acceptors (Lipinski definition) is 2. The predicted octanol–water partition coefficient (Wildman–Crippen LogP) is 4.17. The van der Waals surface area contributed by atoms with Crippen molar-refractivity contribution in [3.8, 4) is 11.1 Å². The van der Waals surface area contributed by atoms with Gasteiger partial charge in [-0.2, -0.15) is 0 Å². The van der Waals surface area contributed by atoms with Crippen LogP contribution in [0.1, 0.15) is 15.9 Å². The average Bonchev–Trinajstić information content (AvgIpc) is 2.39. The molecule has 2 aromatic carbocycles. The zero-order valence-electron chi connectivity index (χ0n) is 9.31. The van der Waals surface area contributed by atoms with Gasteiger partial charge in [0.15, 0.2) is 23.0 Å². The number of hydrogen-bond donors (Lipinski definition) is 0. The number of carbonyl (C=O) groups excluding carboxylic acids is 1. The van der Waals surface area contributed by atoms with Crippen molar-refractivity contribution in [2.24, 2.45) is 0 Å². The predicted molar refractivity (Wildman–Crippen MR) is 76.1 cm³/mol. The van der Waals surface area contributed by atoms with Crippen molar-refractivity contribution in [3.05, 3.63) is 59.7 Å². The molecule has 0 fully saturated rings. The third-order valence-corrected chi connectivity index (χ3v) is 2.98. The highest BCUT2D eigenvalue weighted by Gasteiger charge is 2.05. The third-order valence-electron chi connectivity index (χ3n) is 2.58. The lowest BCUT2D eigenvalue weighted by molar-refractivity contribution is 0.0800. The summed E-state index contributed by atoms with van der Waals surface area (Å²) in [6.45, 7) is 2.06. The molecule has 0 saturated carbocycles. The molecule has 2 aromatic rings. The Morgan fingerprint density at radius 2 is 1.41 bits per heavy atom. The molecule has 0 aliphatic rings. The monoisotopic (exact) mass is 338 g/mol. The number of carbonyl (C=O) groups is 1. The quantitative estimate of drug-likeness (QED) is 0.769. The molecule has 86 valence electrons. The third kappa shape index (κ3) is 2.85. The van der Waals surface area contributed by atoms with Crippen LogP contribution in [0.4, 0.5) is 0 Å². The summed E-state index contributed by atoms with van der Waals surface area (Å²) >= 11 is 1.59. The summed E-state index contributed by atoms with van der Waals surface area (Å²) in [6.07, 6.45) is 0. The van der Waals surface area contributed by atoms with E-state index in [0.29, 0.717) is 5.56 Å². The normalized spacial score (nSPS) is 10.0. The molecular weight excluding hydrogens is 327 g/mol. The molecule has 0 saturated heterocycles. The highest BCUT2D eigenvalue weighted by atomic mass is 127. The van der Waals surface area contributed by atoms with Crippen LogP contribution in [0.15, 0.2) is 48.5 Å². The molecule has 0 amide bonds. The van der Waals surface area contributed by atoms with E-state index in [2.05, 4.69) is 34.3 Å². The number of benzene rings is 2. The van der Waals surface area contributed by atoms with Gasteiger partial charge in [-0.25, -0.2) is 4.79 Å². The van der Waals surface area contributed by atoms with Gasteiger partial charge in [0.1, 0.15) is 0 Å². The highest BCUT2D eigenvalue weighted by molar-refractivity contribution is 14.1. The van der Waals surface area contributed by atoms with Gasteiger partial charge >= 0.3 is 5.97 Å². The summed E-state index contributed by atoms with van der Waals surface area (Å²) in [5.41, 5.74) is 4.04. The van der Waals surface area contributed by atoms with Crippen molar-refractivity contribution >= 4 is 29.0 Å². The molecule has 0 aliphatic heterocycles. The van der Waals surface area contributed by atoms with Gasteiger partial charge in [0.2, 0.25) is 0 Å². The van der Waals surface area contributed by atoms with E-state index in [0.717, 1.165) is 11.1 Å². The van der Waals surface area contributed by atoms with Crippen LogP contribution in [0.2, 0.25) is 0 Å². The second-order valence-electron chi connectivity index (χ2n) is 3.81. The van der Waals surface area contributed by atoms with E-state index in [1.807, 2.05) is 12.1 Å². The first-order valence-corrected chi connectivity index (χ1v) is 6.09. The maximum atomic E-state index is 11.3. The first kappa shape index (κ1) is 12.1. The second-order valence-corrected chi connectivity index (χ2v) is 4.25. The Morgan fingerprint density at radius 3 is 1.88 bits per heavy atom. The van der Waals surface area contributed by atoms with Crippen LogP contribution in [-0.2, 0) is 3.07 Å². The lowest BCUT2D eigenvalue weighted by atomic mass is 10.0. The summed E-state index contributed by atoms with van der Waals surface area (Å²) in [4.78, 5) is 11.3. The largest absolute Gasteiger partial charge is 0.391 e. The van der Waals surface area contributed by atoms with E-state index in [1.54, 1.807) is 35.1 Å². The van der Waals surface area contributed by atoms with Crippen LogP contribution in [-0.4, -0.2) is 5.97 Å². The van der Waals surface area contributed by atoms with Crippen LogP contribution in [0.25, 0.3) is 11.1 Å². The summed E-state index contributed by atoms with van der Waals surface area (Å²) in [5.74, 6) is -0.318. The van der Waals surface area contributed by atoms with E-state index in [9.17, 15) is 4.79 Å². The zero-order chi connectivity index (χ0) is 12.3. The van der Waals surface area contributed by atoms with Gasteiger partial charge in [-0.3, -0.25) is 0 Å². The molecule has 2 nitrogen and oxygen atoms in total. The topological polar surface area (TPSA) is 26.3 Å². The Hall–Kier alpha value is -1.36. The Morgan fingerprint density at radius 1 is 0.941 bits per heavy atom. The van der Waals surface area contributed by atoms with Gasteiger partial charge in [0.25, 0.3) is 0 Å². The molecule has 0 spiro atoms. The van der Waals surface area contributed by atoms with E-state index in [4.69, 9.17) is 0 Å². The summed E-state index contributed by atoms with van der Waals surface area (Å²) in [6, 6.07) is 15.7. The van der Waals surface area contributed by atoms with Crippen LogP contribution in [0.3, 0.4) is 0 Å². The maximum absolute atomic E-state index is 11.3.